The number of aliphatic hydroxyl groups is 1. The Morgan fingerprint density at radius 2 is 2.33 bits per heavy atom. The van der Waals surface area contributed by atoms with Crippen LogP contribution in [0.4, 0.5) is 5.95 Å². The smallest absolute Gasteiger partial charge is 0.220 e. The van der Waals surface area contributed by atoms with E-state index in [0.717, 1.165) is 24.1 Å². The van der Waals surface area contributed by atoms with Crippen LogP contribution in [-0.4, -0.2) is 15.1 Å². The van der Waals surface area contributed by atoms with Crippen LogP contribution in [0.2, 0.25) is 0 Å². The zero-order valence-electron chi connectivity index (χ0n) is 6.70. The number of nitrogens with two attached hydrogens (primary N) is 1. The van der Waals surface area contributed by atoms with E-state index in [1.54, 1.807) is 6.20 Å². The molecule has 2 rings (SSSR count). The average molecular weight is 165 g/mol. The van der Waals surface area contributed by atoms with Crippen LogP contribution >= 0.6 is 0 Å². The van der Waals surface area contributed by atoms with Gasteiger partial charge >= 0.3 is 0 Å². The number of nitrogen functional groups attached to an aromatic ring is 1. The van der Waals surface area contributed by atoms with Gasteiger partial charge in [-0.05, 0) is 12.8 Å². The molecule has 1 aliphatic rings. The second kappa shape index (κ2) is 2.71. The summed E-state index contributed by atoms with van der Waals surface area (Å²) in [5, 5.41) is 8.97. The Kier molecular flexibility index (Phi) is 1.69. The van der Waals surface area contributed by atoms with Crippen molar-refractivity contribution in [2.45, 2.75) is 25.4 Å². The third-order valence-corrected chi connectivity index (χ3v) is 2.05. The summed E-state index contributed by atoms with van der Waals surface area (Å²) in [6.07, 6.45) is 3.92. The van der Waals surface area contributed by atoms with Crippen LogP contribution in [0.3, 0.4) is 0 Å². The molecule has 1 aliphatic carbocycles. The van der Waals surface area contributed by atoms with E-state index in [9.17, 15) is 0 Å². The van der Waals surface area contributed by atoms with Gasteiger partial charge in [-0.1, -0.05) is 0 Å². The number of rotatable bonds is 2. The first kappa shape index (κ1) is 7.49. The molecule has 0 unspecified atom stereocenters. The minimum absolute atomic E-state index is 0.00606. The molecule has 0 bridgehead atoms. The number of hydrogen-bond donors (Lipinski definition) is 2. The normalized spacial score (nSPS) is 16.4. The molecule has 0 spiro atoms. The van der Waals surface area contributed by atoms with E-state index in [1.807, 2.05) is 0 Å². The summed E-state index contributed by atoms with van der Waals surface area (Å²) in [5.74, 6) is 0.812. The summed E-state index contributed by atoms with van der Waals surface area (Å²) in [4.78, 5) is 7.94. The number of nitrogens with zero attached hydrogens (tertiary/aromatic N) is 2. The zero-order chi connectivity index (χ0) is 8.55. The van der Waals surface area contributed by atoms with Crippen molar-refractivity contribution in [2.24, 2.45) is 0 Å². The molecule has 12 heavy (non-hydrogen) atoms. The van der Waals surface area contributed by atoms with Crippen molar-refractivity contribution < 1.29 is 5.11 Å². The highest BCUT2D eigenvalue weighted by molar-refractivity contribution is 5.29. The van der Waals surface area contributed by atoms with Crippen molar-refractivity contribution >= 4 is 5.95 Å². The van der Waals surface area contributed by atoms with Crippen molar-refractivity contribution in [2.75, 3.05) is 5.73 Å². The van der Waals surface area contributed by atoms with Gasteiger partial charge in [-0.3, -0.25) is 0 Å². The number of aromatic nitrogens is 2. The van der Waals surface area contributed by atoms with Crippen molar-refractivity contribution in [1.29, 1.82) is 0 Å². The second-order valence-corrected chi connectivity index (χ2v) is 3.07. The minimum Gasteiger partial charge on any atom is -0.392 e. The Labute approximate surface area is 70.5 Å². The SMILES string of the molecule is Nc1ncc(CO)c(C2CC2)n1. The van der Waals surface area contributed by atoms with E-state index >= 15 is 0 Å². The molecule has 0 saturated heterocycles. The Morgan fingerprint density at radius 1 is 1.58 bits per heavy atom. The first-order valence-corrected chi connectivity index (χ1v) is 4.03. The van der Waals surface area contributed by atoms with Gasteiger partial charge in [0.05, 0.1) is 12.3 Å². The molecule has 1 aromatic rings. The van der Waals surface area contributed by atoms with Crippen LogP contribution in [0, 0.1) is 0 Å². The molecule has 4 heteroatoms. The maximum atomic E-state index is 8.97. The standard InChI is InChI=1S/C8H11N3O/c9-8-10-3-6(4-12)7(11-8)5-1-2-5/h3,5,12H,1-2,4H2,(H2,9,10,11). The van der Waals surface area contributed by atoms with Crippen LogP contribution in [-0.2, 0) is 6.61 Å². The van der Waals surface area contributed by atoms with Gasteiger partial charge in [-0.2, -0.15) is 0 Å². The van der Waals surface area contributed by atoms with Crippen LogP contribution in [0.5, 0.6) is 0 Å². The molecular formula is C8H11N3O. The fraction of sp³-hybridized carbons (Fsp3) is 0.500. The summed E-state index contributed by atoms with van der Waals surface area (Å²) < 4.78 is 0. The van der Waals surface area contributed by atoms with Gasteiger partial charge in [0.25, 0.3) is 0 Å². The lowest BCUT2D eigenvalue weighted by Gasteiger charge is -2.03. The van der Waals surface area contributed by atoms with Crippen LogP contribution in [0.15, 0.2) is 6.20 Å². The molecule has 0 aromatic carbocycles. The summed E-state index contributed by atoms with van der Waals surface area (Å²) in [7, 11) is 0. The van der Waals surface area contributed by atoms with Crippen molar-refractivity contribution in [3.05, 3.63) is 17.5 Å². The highest BCUT2D eigenvalue weighted by Crippen LogP contribution is 2.40. The highest BCUT2D eigenvalue weighted by Gasteiger charge is 2.27. The number of aliphatic hydroxyl groups excluding tert-OH is 1. The van der Waals surface area contributed by atoms with Gasteiger partial charge in [0.1, 0.15) is 0 Å². The average Bonchev–Trinajstić information content (AvgIpc) is 2.87. The monoisotopic (exact) mass is 165 g/mol. The first-order valence-electron chi connectivity index (χ1n) is 4.03. The Bertz CT molecular complexity index is 296. The summed E-state index contributed by atoms with van der Waals surface area (Å²) in [6.45, 7) is 0.00606. The number of anilines is 1. The molecule has 0 atom stereocenters. The number of hydrogen-bond acceptors (Lipinski definition) is 4. The molecule has 64 valence electrons. The Hall–Kier alpha value is -1.16. The molecule has 4 nitrogen and oxygen atoms in total. The molecule has 0 radical (unpaired) electrons. The fourth-order valence-corrected chi connectivity index (χ4v) is 1.27. The van der Waals surface area contributed by atoms with Gasteiger partial charge in [0.15, 0.2) is 0 Å². The summed E-state index contributed by atoms with van der Waals surface area (Å²) in [6, 6.07) is 0. The van der Waals surface area contributed by atoms with Crippen molar-refractivity contribution in [1.82, 2.24) is 9.97 Å². The van der Waals surface area contributed by atoms with Gasteiger partial charge in [0.2, 0.25) is 5.95 Å². The van der Waals surface area contributed by atoms with Gasteiger partial charge in [-0.15, -0.1) is 0 Å². The Morgan fingerprint density at radius 3 is 2.92 bits per heavy atom. The van der Waals surface area contributed by atoms with E-state index in [4.69, 9.17) is 10.8 Å². The molecule has 0 aliphatic heterocycles. The largest absolute Gasteiger partial charge is 0.392 e. The molecule has 3 N–H and O–H groups in total. The fourth-order valence-electron chi connectivity index (χ4n) is 1.27. The van der Waals surface area contributed by atoms with E-state index < -0.39 is 0 Å². The lowest BCUT2D eigenvalue weighted by atomic mass is 10.2. The van der Waals surface area contributed by atoms with Crippen LogP contribution in [0.1, 0.15) is 30.0 Å². The predicted molar refractivity (Wildman–Crippen MR) is 44.3 cm³/mol. The first-order chi connectivity index (χ1) is 5.81. The van der Waals surface area contributed by atoms with E-state index in [0.29, 0.717) is 11.9 Å². The van der Waals surface area contributed by atoms with Crippen molar-refractivity contribution in [3.8, 4) is 0 Å². The molecule has 1 aromatic heterocycles. The molecular weight excluding hydrogens is 154 g/mol. The third kappa shape index (κ3) is 1.25. The molecule has 1 heterocycles. The summed E-state index contributed by atoms with van der Waals surface area (Å²) in [5.41, 5.74) is 7.19. The van der Waals surface area contributed by atoms with Crippen LogP contribution in [0.25, 0.3) is 0 Å². The molecule has 1 fully saturated rings. The minimum atomic E-state index is 0.00606. The van der Waals surface area contributed by atoms with E-state index in [1.165, 1.54) is 0 Å². The lowest BCUT2D eigenvalue weighted by molar-refractivity contribution is 0.279. The third-order valence-electron chi connectivity index (χ3n) is 2.05. The quantitative estimate of drug-likeness (QED) is 0.666. The van der Waals surface area contributed by atoms with Gasteiger partial charge in [0, 0.05) is 17.7 Å². The van der Waals surface area contributed by atoms with Crippen molar-refractivity contribution in [3.63, 3.8) is 0 Å². The lowest BCUT2D eigenvalue weighted by Crippen LogP contribution is -2.02. The zero-order valence-corrected chi connectivity index (χ0v) is 6.70. The maximum absolute atomic E-state index is 8.97. The molecule has 1 saturated carbocycles. The maximum Gasteiger partial charge on any atom is 0.220 e. The predicted octanol–water partition coefficient (Wildman–Crippen LogP) is 0.428. The van der Waals surface area contributed by atoms with E-state index in [2.05, 4.69) is 9.97 Å². The highest BCUT2D eigenvalue weighted by atomic mass is 16.3. The van der Waals surface area contributed by atoms with Crippen LogP contribution < -0.4 is 5.73 Å². The summed E-state index contributed by atoms with van der Waals surface area (Å²) >= 11 is 0. The molecule has 0 amide bonds. The van der Waals surface area contributed by atoms with Gasteiger partial charge < -0.3 is 10.8 Å². The van der Waals surface area contributed by atoms with E-state index in [-0.39, 0.29) is 6.61 Å². The van der Waals surface area contributed by atoms with Gasteiger partial charge in [-0.25, -0.2) is 9.97 Å². The topological polar surface area (TPSA) is 72.0 Å². The Balaban J connectivity index is 2.39. The second-order valence-electron chi connectivity index (χ2n) is 3.07.